The van der Waals surface area contributed by atoms with E-state index >= 15 is 0 Å². The molecule has 23 heavy (non-hydrogen) atoms. The first kappa shape index (κ1) is 19.9. The van der Waals surface area contributed by atoms with Crippen molar-refractivity contribution >= 4 is 24.0 Å². The molecule has 3 N–H and O–H groups in total. The molecule has 1 aromatic carbocycles. The van der Waals surface area contributed by atoms with Crippen LogP contribution in [0.5, 0.6) is 0 Å². The number of carbonyl (C=O) groups is 1. The van der Waals surface area contributed by atoms with Gasteiger partial charge in [0.15, 0.2) is 0 Å². The highest BCUT2D eigenvalue weighted by molar-refractivity contribution is 5.92. The van der Waals surface area contributed by atoms with Gasteiger partial charge in [0.1, 0.15) is 0 Å². The molecular weight excluding hydrogens is 310 g/mol. The molecule has 0 spiro atoms. The summed E-state index contributed by atoms with van der Waals surface area (Å²) in [6.45, 7) is 7.57. The molecule has 4 nitrogen and oxygen atoms in total. The van der Waals surface area contributed by atoms with Crippen LogP contribution in [0.2, 0.25) is 0 Å². The number of likely N-dealkylation sites (tertiary alicyclic amines) is 1. The van der Waals surface area contributed by atoms with Gasteiger partial charge in [-0.15, -0.1) is 12.4 Å². The second kappa shape index (κ2) is 9.91. The Labute approximate surface area is 146 Å². The minimum atomic E-state index is 0. The SMILES string of the molecule is CC(C)c1ccc(NC(=O)CN2CCCC(CCN)C2)cc1.Cl. The summed E-state index contributed by atoms with van der Waals surface area (Å²) in [5, 5.41) is 3.00. The zero-order chi connectivity index (χ0) is 15.9. The molecule has 1 fully saturated rings. The summed E-state index contributed by atoms with van der Waals surface area (Å²) in [5.74, 6) is 1.24. The number of nitrogens with zero attached hydrogens (tertiary/aromatic N) is 1. The van der Waals surface area contributed by atoms with E-state index in [4.69, 9.17) is 5.73 Å². The molecule has 0 bridgehead atoms. The zero-order valence-corrected chi connectivity index (χ0v) is 15.1. The minimum Gasteiger partial charge on any atom is -0.330 e. The fraction of sp³-hybridized carbons (Fsp3) is 0.611. The maximum Gasteiger partial charge on any atom is 0.238 e. The summed E-state index contributed by atoms with van der Waals surface area (Å²) in [5.41, 5.74) is 7.81. The van der Waals surface area contributed by atoms with Crippen molar-refractivity contribution in [3.05, 3.63) is 29.8 Å². The van der Waals surface area contributed by atoms with Crippen LogP contribution in [0, 0.1) is 5.92 Å². The van der Waals surface area contributed by atoms with Gasteiger partial charge in [-0.25, -0.2) is 0 Å². The van der Waals surface area contributed by atoms with E-state index in [0.717, 1.165) is 31.7 Å². The molecule has 1 aliphatic heterocycles. The number of nitrogens with one attached hydrogen (secondary N) is 1. The number of amides is 1. The van der Waals surface area contributed by atoms with Gasteiger partial charge in [0.05, 0.1) is 6.54 Å². The molecule has 1 aromatic rings. The van der Waals surface area contributed by atoms with Crippen molar-refractivity contribution in [3.8, 4) is 0 Å². The van der Waals surface area contributed by atoms with Crippen LogP contribution in [0.15, 0.2) is 24.3 Å². The van der Waals surface area contributed by atoms with E-state index in [1.54, 1.807) is 0 Å². The van der Waals surface area contributed by atoms with E-state index in [2.05, 4.69) is 36.2 Å². The molecule has 1 saturated heterocycles. The Morgan fingerprint density at radius 2 is 2.04 bits per heavy atom. The van der Waals surface area contributed by atoms with Crippen LogP contribution in [0.3, 0.4) is 0 Å². The minimum absolute atomic E-state index is 0. The van der Waals surface area contributed by atoms with E-state index in [-0.39, 0.29) is 18.3 Å². The molecule has 1 amide bonds. The normalized spacial score (nSPS) is 18.5. The fourth-order valence-electron chi connectivity index (χ4n) is 3.12. The third-order valence-corrected chi connectivity index (χ3v) is 4.41. The van der Waals surface area contributed by atoms with E-state index < -0.39 is 0 Å². The third-order valence-electron chi connectivity index (χ3n) is 4.41. The van der Waals surface area contributed by atoms with Crippen molar-refractivity contribution in [2.45, 2.75) is 39.0 Å². The van der Waals surface area contributed by atoms with Crippen molar-refractivity contribution in [2.24, 2.45) is 11.7 Å². The fourth-order valence-corrected chi connectivity index (χ4v) is 3.12. The number of hydrogen-bond acceptors (Lipinski definition) is 3. The number of benzene rings is 1. The number of piperidine rings is 1. The van der Waals surface area contributed by atoms with Crippen molar-refractivity contribution in [1.29, 1.82) is 0 Å². The first-order valence-corrected chi connectivity index (χ1v) is 8.40. The highest BCUT2D eigenvalue weighted by atomic mass is 35.5. The summed E-state index contributed by atoms with van der Waals surface area (Å²) < 4.78 is 0. The number of anilines is 1. The Hall–Kier alpha value is -1.10. The highest BCUT2D eigenvalue weighted by Gasteiger charge is 2.20. The second-order valence-electron chi connectivity index (χ2n) is 6.65. The lowest BCUT2D eigenvalue weighted by molar-refractivity contribution is -0.117. The molecule has 1 aliphatic rings. The van der Waals surface area contributed by atoms with Crippen molar-refractivity contribution in [2.75, 3.05) is 31.5 Å². The molecule has 0 aromatic heterocycles. The van der Waals surface area contributed by atoms with Gasteiger partial charge in [0.2, 0.25) is 5.91 Å². The topological polar surface area (TPSA) is 58.4 Å². The van der Waals surface area contributed by atoms with Crippen LogP contribution in [0.25, 0.3) is 0 Å². The lowest BCUT2D eigenvalue weighted by Crippen LogP contribution is -2.40. The highest BCUT2D eigenvalue weighted by Crippen LogP contribution is 2.19. The van der Waals surface area contributed by atoms with Gasteiger partial charge >= 0.3 is 0 Å². The summed E-state index contributed by atoms with van der Waals surface area (Å²) >= 11 is 0. The number of halogens is 1. The largest absolute Gasteiger partial charge is 0.330 e. The lowest BCUT2D eigenvalue weighted by atomic mass is 9.95. The monoisotopic (exact) mass is 339 g/mol. The molecule has 0 radical (unpaired) electrons. The molecule has 1 unspecified atom stereocenters. The number of nitrogens with two attached hydrogens (primary N) is 1. The van der Waals surface area contributed by atoms with Crippen molar-refractivity contribution < 1.29 is 4.79 Å². The predicted octanol–water partition coefficient (Wildman–Crippen LogP) is 3.23. The van der Waals surface area contributed by atoms with E-state index in [9.17, 15) is 4.79 Å². The molecule has 5 heteroatoms. The molecule has 0 saturated carbocycles. The smallest absolute Gasteiger partial charge is 0.238 e. The average molecular weight is 340 g/mol. The molecule has 130 valence electrons. The van der Waals surface area contributed by atoms with E-state index in [1.165, 1.54) is 18.4 Å². The Kier molecular flexibility index (Phi) is 8.59. The molecule has 2 rings (SSSR count). The van der Waals surface area contributed by atoms with Gasteiger partial charge < -0.3 is 11.1 Å². The van der Waals surface area contributed by atoms with Gasteiger partial charge in [-0.05, 0) is 61.9 Å². The summed E-state index contributed by atoms with van der Waals surface area (Å²) in [6, 6.07) is 8.14. The average Bonchev–Trinajstić information content (AvgIpc) is 2.48. The molecule has 1 atom stereocenters. The quantitative estimate of drug-likeness (QED) is 0.836. The van der Waals surface area contributed by atoms with Crippen LogP contribution in [0.1, 0.15) is 44.6 Å². The number of rotatable bonds is 6. The van der Waals surface area contributed by atoms with Crippen LogP contribution < -0.4 is 11.1 Å². The molecule has 0 aliphatic carbocycles. The number of carbonyl (C=O) groups excluding carboxylic acids is 1. The van der Waals surface area contributed by atoms with Crippen LogP contribution in [-0.4, -0.2) is 37.0 Å². The van der Waals surface area contributed by atoms with Crippen LogP contribution in [0.4, 0.5) is 5.69 Å². The van der Waals surface area contributed by atoms with Gasteiger partial charge in [0, 0.05) is 12.2 Å². The van der Waals surface area contributed by atoms with Gasteiger partial charge in [0.25, 0.3) is 0 Å². The maximum absolute atomic E-state index is 12.2. The Morgan fingerprint density at radius 3 is 2.65 bits per heavy atom. The second-order valence-corrected chi connectivity index (χ2v) is 6.65. The third kappa shape index (κ3) is 6.50. The van der Waals surface area contributed by atoms with Gasteiger partial charge in [-0.2, -0.15) is 0 Å². The Balaban J connectivity index is 0.00000264. The molecule has 1 heterocycles. The number of hydrogen-bond donors (Lipinski definition) is 2. The van der Waals surface area contributed by atoms with Gasteiger partial charge in [-0.1, -0.05) is 26.0 Å². The lowest BCUT2D eigenvalue weighted by Gasteiger charge is -2.32. The Morgan fingerprint density at radius 1 is 1.35 bits per heavy atom. The van der Waals surface area contributed by atoms with E-state index in [0.29, 0.717) is 18.4 Å². The van der Waals surface area contributed by atoms with Crippen molar-refractivity contribution in [3.63, 3.8) is 0 Å². The zero-order valence-electron chi connectivity index (χ0n) is 14.3. The van der Waals surface area contributed by atoms with E-state index in [1.807, 2.05) is 12.1 Å². The first-order valence-electron chi connectivity index (χ1n) is 8.40. The van der Waals surface area contributed by atoms with Gasteiger partial charge in [-0.3, -0.25) is 9.69 Å². The van der Waals surface area contributed by atoms with Crippen LogP contribution in [-0.2, 0) is 4.79 Å². The summed E-state index contributed by atoms with van der Waals surface area (Å²) in [7, 11) is 0. The maximum atomic E-state index is 12.2. The predicted molar refractivity (Wildman–Crippen MR) is 99.2 cm³/mol. The molecular formula is C18H30ClN3O. The standard InChI is InChI=1S/C18H29N3O.ClH/c1-14(2)16-5-7-17(8-6-16)20-18(22)13-21-11-3-4-15(12-21)9-10-19;/h5-8,14-15H,3-4,9-13,19H2,1-2H3,(H,20,22);1H. The van der Waals surface area contributed by atoms with Crippen molar-refractivity contribution in [1.82, 2.24) is 4.90 Å². The first-order chi connectivity index (χ1) is 10.6. The summed E-state index contributed by atoms with van der Waals surface area (Å²) in [4.78, 5) is 14.4. The summed E-state index contributed by atoms with van der Waals surface area (Å²) in [6.07, 6.45) is 3.47. The van der Waals surface area contributed by atoms with Crippen LogP contribution >= 0.6 is 12.4 Å². The Bertz CT molecular complexity index is 474.